The van der Waals surface area contributed by atoms with Crippen LogP contribution in [0.1, 0.15) is 11.1 Å². The van der Waals surface area contributed by atoms with Gasteiger partial charge in [-0.05, 0) is 13.0 Å². The van der Waals surface area contributed by atoms with Gasteiger partial charge in [0.15, 0.2) is 0 Å². The molecule has 13 heavy (non-hydrogen) atoms. The van der Waals surface area contributed by atoms with E-state index in [0.29, 0.717) is 6.20 Å². The van der Waals surface area contributed by atoms with Gasteiger partial charge in [-0.3, -0.25) is 0 Å². The van der Waals surface area contributed by atoms with E-state index in [0.717, 1.165) is 6.07 Å². The standard InChI is InChI=1S/C7H6F3N2.Y/c1-4-2-5(7(8,9)10)3-12-6(4)11;/h2-3H,1H3,(H-,11,12);/q-1;. The SMILES string of the molecule is Cc1cc(C(F)(F)F)cnc1[NH-].[Y]. The molecule has 0 spiro atoms. The number of rotatable bonds is 0. The summed E-state index contributed by atoms with van der Waals surface area (Å²) in [6.07, 6.45) is -3.71. The van der Waals surface area contributed by atoms with Crippen molar-refractivity contribution in [1.82, 2.24) is 4.98 Å². The van der Waals surface area contributed by atoms with Crippen LogP contribution in [-0.2, 0) is 38.9 Å². The van der Waals surface area contributed by atoms with Crippen LogP contribution in [0.5, 0.6) is 0 Å². The molecule has 69 valence electrons. The second-order valence-electron chi connectivity index (χ2n) is 2.39. The number of hydrogen-bond acceptors (Lipinski definition) is 1. The Kier molecular flexibility index (Phi) is 4.32. The second-order valence-corrected chi connectivity index (χ2v) is 2.39. The third-order valence-electron chi connectivity index (χ3n) is 1.41. The molecule has 1 radical (unpaired) electrons. The summed E-state index contributed by atoms with van der Waals surface area (Å²) in [7, 11) is 0. The van der Waals surface area contributed by atoms with Crippen molar-refractivity contribution in [2.45, 2.75) is 13.1 Å². The first-order chi connectivity index (χ1) is 5.41. The van der Waals surface area contributed by atoms with E-state index >= 15 is 0 Å². The first-order valence-electron chi connectivity index (χ1n) is 3.16. The largest absolute Gasteiger partial charge is 0.482 e. The molecule has 0 atom stereocenters. The fourth-order valence-electron chi connectivity index (χ4n) is 0.730. The van der Waals surface area contributed by atoms with Crippen LogP contribution in [0.2, 0.25) is 0 Å². The van der Waals surface area contributed by atoms with Crippen molar-refractivity contribution in [3.8, 4) is 0 Å². The Labute approximate surface area is 98.6 Å². The molecule has 1 aromatic heterocycles. The van der Waals surface area contributed by atoms with Crippen molar-refractivity contribution in [3.05, 3.63) is 29.1 Å². The fraction of sp³-hybridized carbons (Fsp3) is 0.286. The van der Waals surface area contributed by atoms with Gasteiger partial charge in [0.1, 0.15) is 0 Å². The third-order valence-corrected chi connectivity index (χ3v) is 1.41. The number of pyridine rings is 1. The van der Waals surface area contributed by atoms with Crippen LogP contribution in [0, 0.1) is 6.92 Å². The average Bonchev–Trinajstić information content (AvgIpc) is 1.92. The van der Waals surface area contributed by atoms with Crippen molar-refractivity contribution in [1.29, 1.82) is 0 Å². The maximum absolute atomic E-state index is 12.0. The van der Waals surface area contributed by atoms with Gasteiger partial charge >= 0.3 is 6.18 Å². The van der Waals surface area contributed by atoms with Gasteiger partial charge in [-0.2, -0.15) is 13.2 Å². The number of nitrogens with one attached hydrogen (secondary N) is 1. The van der Waals surface area contributed by atoms with E-state index in [1.807, 2.05) is 0 Å². The van der Waals surface area contributed by atoms with Gasteiger partial charge in [-0.25, -0.2) is 0 Å². The van der Waals surface area contributed by atoms with Crippen molar-refractivity contribution in [2.24, 2.45) is 0 Å². The topological polar surface area (TPSA) is 36.7 Å². The van der Waals surface area contributed by atoms with Crippen molar-refractivity contribution in [3.63, 3.8) is 0 Å². The third kappa shape index (κ3) is 3.23. The van der Waals surface area contributed by atoms with E-state index in [2.05, 4.69) is 4.98 Å². The molecule has 0 saturated heterocycles. The molecule has 1 rings (SSSR count). The van der Waals surface area contributed by atoms with E-state index in [4.69, 9.17) is 5.73 Å². The summed E-state index contributed by atoms with van der Waals surface area (Å²) in [5.74, 6) is -0.122. The normalized spacial score (nSPS) is 10.8. The minimum Gasteiger partial charge on any atom is -0.482 e. The van der Waals surface area contributed by atoms with Gasteiger partial charge in [0.05, 0.1) is 5.56 Å². The molecular weight excluding hydrogens is 258 g/mol. The maximum atomic E-state index is 12.0. The summed E-state index contributed by atoms with van der Waals surface area (Å²) < 4.78 is 36.0. The van der Waals surface area contributed by atoms with Crippen LogP contribution >= 0.6 is 0 Å². The van der Waals surface area contributed by atoms with Crippen LogP contribution in [0.3, 0.4) is 0 Å². The molecule has 1 aromatic rings. The quantitative estimate of drug-likeness (QED) is 0.709. The Morgan fingerprint density at radius 1 is 1.38 bits per heavy atom. The number of alkyl halides is 3. The summed E-state index contributed by atoms with van der Waals surface area (Å²) in [6, 6.07) is 0.912. The molecule has 0 saturated carbocycles. The van der Waals surface area contributed by atoms with Crippen LogP contribution in [0.4, 0.5) is 19.0 Å². The molecule has 0 fully saturated rings. The summed E-state index contributed by atoms with van der Waals surface area (Å²) in [4.78, 5) is 3.29. The number of aryl methyl sites for hydroxylation is 1. The number of nitrogens with zero attached hydrogens (tertiary/aromatic N) is 1. The monoisotopic (exact) mass is 264 g/mol. The molecule has 0 aromatic carbocycles. The molecule has 1 N–H and O–H groups in total. The van der Waals surface area contributed by atoms with E-state index in [1.54, 1.807) is 0 Å². The Balaban J connectivity index is 0.00000144. The Morgan fingerprint density at radius 2 is 1.92 bits per heavy atom. The Bertz CT molecular complexity index is 298. The molecule has 0 unspecified atom stereocenters. The molecule has 0 amide bonds. The maximum Gasteiger partial charge on any atom is 0.416 e. The number of aromatic nitrogens is 1. The first kappa shape index (κ1) is 12.8. The molecule has 1 heterocycles. The van der Waals surface area contributed by atoms with E-state index in [-0.39, 0.29) is 44.1 Å². The van der Waals surface area contributed by atoms with E-state index < -0.39 is 11.7 Å². The number of hydrogen-bond donors (Lipinski definition) is 0. The zero-order valence-electron chi connectivity index (χ0n) is 6.81. The van der Waals surface area contributed by atoms with Crippen LogP contribution < -0.4 is 0 Å². The summed E-state index contributed by atoms with van der Waals surface area (Å²) in [5.41, 5.74) is 6.46. The van der Waals surface area contributed by atoms with Gasteiger partial charge in [-0.1, -0.05) is 17.6 Å². The van der Waals surface area contributed by atoms with Crippen molar-refractivity contribution >= 4 is 5.82 Å². The smallest absolute Gasteiger partial charge is 0.416 e. The molecule has 0 aliphatic carbocycles. The predicted molar refractivity (Wildman–Crippen MR) is 38.0 cm³/mol. The van der Waals surface area contributed by atoms with Crippen molar-refractivity contribution in [2.75, 3.05) is 0 Å². The van der Waals surface area contributed by atoms with Crippen molar-refractivity contribution < 1.29 is 45.9 Å². The minimum atomic E-state index is -4.37. The molecule has 6 heteroatoms. The molecule has 2 nitrogen and oxygen atoms in total. The van der Waals surface area contributed by atoms with Gasteiger partial charge in [0.25, 0.3) is 0 Å². The Morgan fingerprint density at radius 3 is 2.31 bits per heavy atom. The average molecular weight is 264 g/mol. The Hall–Kier alpha value is -0.156. The summed E-state index contributed by atoms with van der Waals surface area (Å²) >= 11 is 0. The first-order valence-corrected chi connectivity index (χ1v) is 3.16. The summed E-state index contributed by atoms with van der Waals surface area (Å²) in [6.45, 7) is 1.42. The molecule has 0 aliphatic rings. The van der Waals surface area contributed by atoms with E-state index in [1.165, 1.54) is 6.92 Å². The number of halogens is 3. The fourth-order valence-corrected chi connectivity index (χ4v) is 0.730. The molecular formula is C7H6F3N2Y-. The summed E-state index contributed by atoms with van der Waals surface area (Å²) in [5, 5.41) is 0. The predicted octanol–water partition coefficient (Wildman–Crippen LogP) is 3.09. The van der Waals surface area contributed by atoms with Gasteiger partial charge in [0.2, 0.25) is 0 Å². The van der Waals surface area contributed by atoms with E-state index in [9.17, 15) is 13.2 Å². The van der Waals surface area contributed by atoms with Crippen LogP contribution in [0.15, 0.2) is 12.3 Å². The van der Waals surface area contributed by atoms with Gasteiger partial charge in [0, 0.05) is 32.7 Å². The molecule has 0 aliphatic heterocycles. The van der Waals surface area contributed by atoms with Crippen LogP contribution in [-0.4, -0.2) is 4.98 Å². The van der Waals surface area contributed by atoms with Gasteiger partial charge < -0.3 is 10.7 Å². The van der Waals surface area contributed by atoms with Crippen LogP contribution in [0.25, 0.3) is 5.73 Å². The zero-order valence-corrected chi connectivity index (χ0v) is 9.65. The second kappa shape index (κ2) is 4.37. The molecule has 0 bridgehead atoms. The van der Waals surface area contributed by atoms with Gasteiger partial charge in [-0.15, -0.1) is 0 Å². The zero-order chi connectivity index (χ0) is 9.35. The minimum absolute atomic E-state index is 0.